The van der Waals surface area contributed by atoms with Gasteiger partial charge in [0.25, 0.3) is 0 Å². The van der Waals surface area contributed by atoms with E-state index in [1.54, 1.807) is 7.11 Å². The maximum Gasteiger partial charge on any atom is 0.238 e. The first-order chi connectivity index (χ1) is 18.0. The standard InChI is InChI=1S/C30H42N4O3/c1-5-8-29(36-4)25-13-11-24(12-14-25)19-31-30(35)28-22-33(20-23(2)32(28)3)21-26-9-6-7-10-27(26)34-15-17-37-18-16-34/h6-14,23,28H,5,15-22H2,1-4H3,(H,31,35)/b29-8-. The summed E-state index contributed by atoms with van der Waals surface area (Å²) in [4.78, 5) is 20.4. The van der Waals surface area contributed by atoms with Crippen LogP contribution in [0.15, 0.2) is 54.6 Å². The SMILES string of the molecule is CC/C=C(\OC)c1ccc(CNC(=O)C2CN(Cc3ccccc3N3CCOCC3)CC(C)N2C)cc1. The highest BCUT2D eigenvalue weighted by Crippen LogP contribution is 2.25. The van der Waals surface area contributed by atoms with E-state index in [0.717, 1.165) is 62.7 Å². The first-order valence-corrected chi connectivity index (χ1v) is 13.5. The Morgan fingerprint density at radius 3 is 2.54 bits per heavy atom. The summed E-state index contributed by atoms with van der Waals surface area (Å²) in [6.07, 6.45) is 2.99. The minimum absolute atomic E-state index is 0.0769. The number of rotatable bonds is 9. The molecule has 4 rings (SSSR count). The summed E-state index contributed by atoms with van der Waals surface area (Å²) in [6.45, 7) is 10.7. The minimum atomic E-state index is -0.189. The van der Waals surface area contributed by atoms with E-state index >= 15 is 0 Å². The van der Waals surface area contributed by atoms with E-state index in [0.29, 0.717) is 13.1 Å². The molecule has 7 heteroatoms. The normalized spacial score (nSPS) is 21.6. The van der Waals surface area contributed by atoms with Crippen molar-refractivity contribution in [2.45, 2.75) is 45.4 Å². The predicted molar refractivity (Wildman–Crippen MR) is 149 cm³/mol. The van der Waals surface area contributed by atoms with Gasteiger partial charge in [-0.3, -0.25) is 14.6 Å². The highest BCUT2D eigenvalue weighted by Gasteiger charge is 2.34. The fourth-order valence-electron chi connectivity index (χ4n) is 5.25. The summed E-state index contributed by atoms with van der Waals surface area (Å²) in [7, 11) is 3.76. The molecule has 2 aromatic rings. The molecule has 2 atom stereocenters. The number of piperazine rings is 1. The first kappa shape index (κ1) is 27.2. The lowest BCUT2D eigenvalue weighted by Crippen LogP contribution is -2.60. The van der Waals surface area contributed by atoms with Crippen molar-refractivity contribution in [3.05, 3.63) is 71.3 Å². The van der Waals surface area contributed by atoms with Crippen LogP contribution in [0.5, 0.6) is 0 Å². The fourth-order valence-corrected chi connectivity index (χ4v) is 5.25. The van der Waals surface area contributed by atoms with Crippen LogP contribution in [0.25, 0.3) is 5.76 Å². The number of anilines is 1. The molecule has 2 heterocycles. The van der Waals surface area contributed by atoms with Crippen molar-refractivity contribution in [3.8, 4) is 0 Å². The van der Waals surface area contributed by atoms with Gasteiger partial charge in [0, 0.05) is 56.6 Å². The van der Waals surface area contributed by atoms with Crippen molar-refractivity contribution in [2.75, 3.05) is 58.5 Å². The number of likely N-dealkylation sites (N-methyl/N-ethyl adjacent to an activating group) is 1. The topological polar surface area (TPSA) is 57.3 Å². The van der Waals surface area contributed by atoms with Gasteiger partial charge in [-0.15, -0.1) is 0 Å². The lowest BCUT2D eigenvalue weighted by atomic mass is 10.0. The van der Waals surface area contributed by atoms with E-state index in [-0.39, 0.29) is 18.0 Å². The van der Waals surface area contributed by atoms with Crippen LogP contribution in [-0.2, 0) is 27.4 Å². The quantitative estimate of drug-likeness (QED) is 0.523. The van der Waals surface area contributed by atoms with Gasteiger partial charge in [0.2, 0.25) is 5.91 Å². The third kappa shape index (κ3) is 6.92. The molecule has 200 valence electrons. The number of nitrogens with one attached hydrogen (secondary N) is 1. The minimum Gasteiger partial charge on any atom is -0.496 e. The average Bonchev–Trinajstić information content (AvgIpc) is 2.93. The Kier molecular flexibility index (Phi) is 9.61. The Balaban J connectivity index is 1.38. The molecule has 0 saturated carbocycles. The van der Waals surface area contributed by atoms with Crippen LogP contribution in [0.1, 0.15) is 37.0 Å². The second kappa shape index (κ2) is 13.1. The van der Waals surface area contributed by atoms with E-state index in [1.165, 1.54) is 11.3 Å². The van der Waals surface area contributed by atoms with E-state index in [4.69, 9.17) is 9.47 Å². The summed E-state index contributed by atoms with van der Waals surface area (Å²) >= 11 is 0. The molecule has 1 amide bonds. The van der Waals surface area contributed by atoms with E-state index in [1.807, 2.05) is 0 Å². The summed E-state index contributed by atoms with van der Waals surface area (Å²) < 4.78 is 11.0. The molecule has 2 unspecified atom stereocenters. The maximum absolute atomic E-state index is 13.3. The van der Waals surface area contributed by atoms with Crippen LogP contribution < -0.4 is 10.2 Å². The lowest BCUT2D eigenvalue weighted by molar-refractivity contribution is -0.130. The largest absolute Gasteiger partial charge is 0.496 e. The van der Waals surface area contributed by atoms with Gasteiger partial charge in [0.15, 0.2) is 0 Å². The second-order valence-corrected chi connectivity index (χ2v) is 10.0. The number of methoxy groups -OCH3 is 1. The van der Waals surface area contributed by atoms with E-state index in [2.05, 4.69) is 95.5 Å². The number of nitrogens with zero attached hydrogens (tertiary/aromatic N) is 3. The molecule has 2 aliphatic heterocycles. The Morgan fingerprint density at radius 1 is 1.11 bits per heavy atom. The van der Waals surface area contributed by atoms with Crippen molar-refractivity contribution in [2.24, 2.45) is 0 Å². The molecule has 2 aliphatic rings. The van der Waals surface area contributed by atoms with Crippen molar-refractivity contribution < 1.29 is 14.3 Å². The van der Waals surface area contributed by atoms with Gasteiger partial charge in [-0.1, -0.05) is 49.4 Å². The van der Waals surface area contributed by atoms with Crippen molar-refractivity contribution in [1.29, 1.82) is 0 Å². The van der Waals surface area contributed by atoms with Crippen LogP contribution >= 0.6 is 0 Å². The highest BCUT2D eigenvalue weighted by molar-refractivity contribution is 5.82. The summed E-state index contributed by atoms with van der Waals surface area (Å²) in [5.41, 5.74) is 4.72. The van der Waals surface area contributed by atoms with E-state index in [9.17, 15) is 4.79 Å². The zero-order chi connectivity index (χ0) is 26.2. The molecule has 0 bridgehead atoms. The maximum atomic E-state index is 13.3. The van der Waals surface area contributed by atoms with Gasteiger partial charge in [-0.25, -0.2) is 0 Å². The monoisotopic (exact) mass is 506 g/mol. The highest BCUT2D eigenvalue weighted by atomic mass is 16.5. The number of amides is 1. The molecule has 0 aliphatic carbocycles. The molecule has 0 spiro atoms. The fraction of sp³-hybridized carbons (Fsp3) is 0.500. The third-order valence-corrected chi connectivity index (χ3v) is 7.50. The Hall–Kier alpha value is -2.87. The Labute approximate surface area is 222 Å². The van der Waals surface area contributed by atoms with Gasteiger partial charge in [0.1, 0.15) is 11.8 Å². The number of carbonyl (C=O) groups is 1. The zero-order valence-corrected chi connectivity index (χ0v) is 22.8. The van der Waals surface area contributed by atoms with Crippen LogP contribution in [-0.4, -0.2) is 81.3 Å². The summed E-state index contributed by atoms with van der Waals surface area (Å²) in [6, 6.07) is 17.0. The number of benzene rings is 2. The molecular weight excluding hydrogens is 464 g/mol. The number of para-hydroxylation sites is 1. The molecule has 37 heavy (non-hydrogen) atoms. The number of carbonyl (C=O) groups excluding carboxylic acids is 1. The molecule has 7 nitrogen and oxygen atoms in total. The molecule has 2 aromatic carbocycles. The van der Waals surface area contributed by atoms with Crippen LogP contribution in [0, 0.1) is 0 Å². The van der Waals surface area contributed by atoms with Crippen molar-refractivity contribution in [3.63, 3.8) is 0 Å². The number of ether oxygens (including phenoxy) is 2. The third-order valence-electron chi connectivity index (χ3n) is 7.50. The number of hydrogen-bond acceptors (Lipinski definition) is 6. The van der Waals surface area contributed by atoms with Gasteiger partial charge in [-0.05, 0) is 43.7 Å². The number of allylic oxidation sites excluding steroid dienone is 1. The van der Waals surface area contributed by atoms with Gasteiger partial charge in [0.05, 0.1) is 20.3 Å². The summed E-state index contributed by atoms with van der Waals surface area (Å²) in [5.74, 6) is 0.958. The zero-order valence-electron chi connectivity index (χ0n) is 22.8. The van der Waals surface area contributed by atoms with Crippen molar-refractivity contribution in [1.82, 2.24) is 15.1 Å². The Morgan fingerprint density at radius 2 is 1.84 bits per heavy atom. The van der Waals surface area contributed by atoms with E-state index < -0.39 is 0 Å². The average molecular weight is 507 g/mol. The molecule has 1 N–H and O–H groups in total. The summed E-state index contributed by atoms with van der Waals surface area (Å²) in [5, 5.41) is 3.18. The smallest absolute Gasteiger partial charge is 0.238 e. The lowest BCUT2D eigenvalue weighted by Gasteiger charge is -2.43. The van der Waals surface area contributed by atoms with Gasteiger partial charge in [-0.2, -0.15) is 0 Å². The second-order valence-electron chi connectivity index (χ2n) is 10.0. The molecule has 0 radical (unpaired) electrons. The molecule has 2 fully saturated rings. The van der Waals surface area contributed by atoms with Gasteiger partial charge < -0.3 is 19.7 Å². The van der Waals surface area contributed by atoms with Crippen molar-refractivity contribution >= 4 is 17.4 Å². The number of hydrogen-bond donors (Lipinski definition) is 1. The number of morpholine rings is 1. The predicted octanol–water partition coefficient (Wildman–Crippen LogP) is 3.74. The van der Waals surface area contributed by atoms with Crippen LogP contribution in [0.3, 0.4) is 0 Å². The molecule has 2 saturated heterocycles. The van der Waals surface area contributed by atoms with Gasteiger partial charge >= 0.3 is 0 Å². The van der Waals surface area contributed by atoms with Crippen LogP contribution in [0.4, 0.5) is 5.69 Å². The molecular formula is C30H42N4O3. The Bertz CT molecular complexity index is 1050. The first-order valence-electron chi connectivity index (χ1n) is 13.5. The van der Waals surface area contributed by atoms with Crippen LogP contribution in [0.2, 0.25) is 0 Å². The molecule has 0 aromatic heterocycles.